The van der Waals surface area contributed by atoms with Gasteiger partial charge in [0.05, 0.1) is 14.7 Å². The Morgan fingerprint density at radius 2 is 2.00 bits per heavy atom. The molecule has 0 bridgehead atoms. The maximum atomic E-state index is 10.6. The minimum absolute atomic E-state index is 0.175. The van der Waals surface area contributed by atoms with Crippen LogP contribution in [-0.4, -0.2) is 20.7 Å². The molecule has 15 heavy (non-hydrogen) atoms. The van der Waals surface area contributed by atoms with Gasteiger partial charge in [-0.1, -0.05) is 38.7 Å². The molecule has 0 saturated carbocycles. The van der Waals surface area contributed by atoms with Crippen LogP contribution >= 0.6 is 0 Å². The van der Waals surface area contributed by atoms with Crippen LogP contribution < -0.4 is 0 Å². The van der Waals surface area contributed by atoms with Crippen molar-refractivity contribution in [2.24, 2.45) is 5.92 Å². The molecule has 0 amide bonds. The highest BCUT2D eigenvalue weighted by Crippen LogP contribution is 2.12. The third-order valence-corrected chi connectivity index (χ3v) is 4.86. The fourth-order valence-electron chi connectivity index (χ4n) is 1.20. The number of rotatable bonds is 6. The molecule has 0 rings (SSSR count). The minimum atomic E-state index is -1.29. The molecule has 0 fully saturated rings. The predicted octanol–water partition coefficient (Wildman–Crippen LogP) is 3.40. The fraction of sp³-hybridized carbons (Fsp3) is 0.750. The molecule has 0 atom stereocenters. The Kier molecular flexibility index (Phi) is 6.57. The summed E-state index contributed by atoms with van der Waals surface area (Å²) >= 11 is 0. The maximum Gasteiger partial charge on any atom is 0.302 e. The van der Waals surface area contributed by atoms with E-state index in [1.807, 2.05) is 0 Å². The van der Waals surface area contributed by atoms with Crippen LogP contribution in [0.4, 0.5) is 0 Å². The van der Waals surface area contributed by atoms with Crippen molar-refractivity contribution >= 4 is 14.0 Å². The molecule has 0 saturated heterocycles. The molecular weight excluding hydrogens is 204 g/mol. The lowest BCUT2D eigenvalue weighted by molar-refractivity contribution is -0.140. The van der Waals surface area contributed by atoms with E-state index in [1.54, 1.807) is 0 Å². The van der Waals surface area contributed by atoms with Gasteiger partial charge in [-0.3, -0.25) is 4.79 Å². The van der Waals surface area contributed by atoms with Gasteiger partial charge in [0, 0.05) is 6.92 Å². The molecule has 2 nitrogen and oxygen atoms in total. The molecule has 0 heterocycles. The van der Waals surface area contributed by atoms with Crippen molar-refractivity contribution in [3.8, 4) is 0 Å². The summed E-state index contributed by atoms with van der Waals surface area (Å²) in [6.45, 7) is 11.1. The zero-order valence-electron chi connectivity index (χ0n) is 10.7. The van der Waals surface area contributed by atoms with Crippen LogP contribution in [0.2, 0.25) is 19.1 Å². The van der Waals surface area contributed by atoms with Gasteiger partial charge < -0.3 is 4.74 Å². The number of hydrogen-bond donors (Lipinski definition) is 0. The summed E-state index contributed by atoms with van der Waals surface area (Å²) < 4.78 is 4.97. The molecule has 0 aliphatic rings. The van der Waals surface area contributed by atoms with Crippen LogP contribution in [0.15, 0.2) is 11.8 Å². The van der Waals surface area contributed by atoms with Crippen LogP contribution in [0.1, 0.15) is 27.2 Å². The molecule has 0 N–H and O–H groups in total. The summed E-state index contributed by atoms with van der Waals surface area (Å²) in [7, 11) is -1.29. The Balaban J connectivity index is 3.85. The van der Waals surface area contributed by atoms with Crippen molar-refractivity contribution in [3.05, 3.63) is 11.8 Å². The smallest absolute Gasteiger partial charge is 0.302 e. The molecule has 0 aliphatic carbocycles. The summed E-state index contributed by atoms with van der Waals surface area (Å²) in [5, 5.41) is 0. The molecular formula is C12H24O2Si. The minimum Gasteiger partial charge on any atom is -0.466 e. The first-order valence-corrected chi connectivity index (χ1v) is 8.93. The Morgan fingerprint density at radius 1 is 1.40 bits per heavy atom. The lowest BCUT2D eigenvalue weighted by Crippen LogP contribution is -2.25. The van der Waals surface area contributed by atoms with E-state index in [-0.39, 0.29) is 5.97 Å². The molecule has 0 aliphatic heterocycles. The van der Waals surface area contributed by atoms with E-state index in [2.05, 4.69) is 38.7 Å². The van der Waals surface area contributed by atoms with Crippen molar-refractivity contribution in [2.75, 3.05) is 6.61 Å². The van der Waals surface area contributed by atoms with Crippen LogP contribution in [0, 0.1) is 5.92 Å². The topological polar surface area (TPSA) is 26.3 Å². The van der Waals surface area contributed by atoms with Crippen molar-refractivity contribution in [1.29, 1.82) is 0 Å². The van der Waals surface area contributed by atoms with Gasteiger partial charge in [0.1, 0.15) is 0 Å². The third-order valence-electron chi connectivity index (χ3n) is 2.23. The Hall–Kier alpha value is -0.573. The number of hydrogen-bond acceptors (Lipinski definition) is 2. The summed E-state index contributed by atoms with van der Waals surface area (Å²) in [6.07, 6.45) is 3.43. The monoisotopic (exact) mass is 228 g/mol. The standard InChI is InChI=1S/C12H24O2Si/c1-11(2)7-6-9-15(4,5)10-8-14-12(3)13/h6,9,11H,7-8,10H2,1-5H3/b9-6-. The first kappa shape index (κ1) is 14.4. The maximum absolute atomic E-state index is 10.6. The van der Waals surface area contributed by atoms with Crippen molar-refractivity contribution in [3.63, 3.8) is 0 Å². The zero-order valence-corrected chi connectivity index (χ0v) is 11.7. The highest BCUT2D eigenvalue weighted by atomic mass is 28.3. The number of esters is 1. The van der Waals surface area contributed by atoms with E-state index < -0.39 is 8.07 Å². The lowest BCUT2D eigenvalue weighted by Gasteiger charge is -2.17. The summed E-state index contributed by atoms with van der Waals surface area (Å²) in [6, 6.07) is 1.02. The van der Waals surface area contributed by atoms with E-state index in [0.29, 0.717) is 6.61 Å². The molecule has 0 aromatic rings. The van der Waals surface area contributed by atoms with E-state index in [1.165, 1.54) is 6.92 Å². The summed E-state index contributed by atoms with van der Waals surface area (Å²) in [5.74, 6) is 0.547. The average Bonchev–Trinajstić information content (AvgIpc) is 2.01. The lowest BCUT2D eigenvalue weighted by atomic mass is 10.1. The molecule has 88 valence electrons. The predicted molar refractivity (Wildman–Crippen MR) is 67.5 cm³/mol. The molecule has 0 spiro atoms. The Morgan fingerprint density at radius 3 is 2.47 bits per heavy atom. The molecule has 0 unspecified atom stereocenters. The summed E-state index contributed by atoms with van der Waals surface area (Å²) in [5.41, 5.74) is 2.36. The van der Waals surface area contributed by atoms with Crippen LogP contribution in [0.3, 0.4) is 0 Å². The van der Waals surface area contributed by atoms with Gasteiger partial charge in [0.15, 0.2) is 0 Å². The second kappa shape index (κ2) is 6.83. The number of ether oxygens (including phenoxy) is 1. The van der Waals surface area contributed by atoms with E-state index in [0.717, 1.165) is 18.4 Å². The second-order valence-corrected chi connectivity index (χ2v) is 9.92. The Bertz CT molecular complexity index is 220. The Labute approximate surface area is 94.7 Å². The van der Waals surface area contributed by atoms with Crippen molar-refractivity contribution < 1.29 is 9.53 Å². The van der Waals surface area contributed by atoms with Gasteiger partial charge in [-0.2, -0.15) is 0 Å². The highest BCUT2D eigenvalue weighted by molar-refractivity contribution is 6.82. The SMILES string of the molecule is CC(=O)OCC[Si](C)(C)/C=C\CC(C)C. The summed E-state index contributed by atoms with van der Waals surface area (Å²) in [4.78, 5) is 10.6. The molecule has 0 aromatic heterocycles. The molecule has 3 heteroatoms. The first-order valence-electron chi connectivity index (χ1n) is 5.64. The average molecular weight is 228 g/mol. The van der Waals surface area contributed by atoms with Crippen LogP contribution in [0.5, 0.6) is 0 Å². The van der Waals surface area contributed by atoms with Crippen LogP contribution in [-0.2, 0) is 9.53 Å². The quantitative estimate of drug-likeness (QED) is 0.514. The van der Waals surface area contributed by atoms with Gasteiger partial charge in [0.2, 0.25) is 0 Å². The number of carbonyl (C=O) groups is 1. The number of carbonyl (C=O) groups excluding carboxylic acids is 1. The van der Waals surface area contributed by atoms with Crippen LogP contribution in [0.25, 0.3) is 0 Å². The molecule has 0 aromatic carbocycles. The molecule has 0 radical (unpaired) electrons. The van der Waals surface area contributed by atoms with E-state index in [4.69, 9.17) is 4.74 Å². The van der Waals surface area contributed by atoms with Crippen molar-refractivity contribution in [2.45, 2.75) is 46.3 Å². The van der Waals surface area contributed by atoms with E-state index in [9.17, 15) is 4.79 Å². The van der Waals surface area contributed by atoms with Gasteiger partial charge in [-0.05, 0) is 18.4 Å². The van der Waals surface area contributed by atoms with Gasteiger partial charge in [0.25, 0.3) is 0 Å². The zero-order chi connectivity index (χ0) is 11.9. The highest BCUT2D eigenvalue weighted by Gasteiger charge is 2.16. The third kappa shape index (κ3) is 9.72. The largest absolute Gasteiger partial charge is 0.466 e. The first-order chi connectivity index (χ1) is 6.83. The van der Waals surface area contributed by atoms with E-state index >= 15 is 0 Å². The van der Waals surface area contributed by atoms with Gasteiger partial charge >= 0.3 is 5.97 Å². The normalized spacial score (nSPS) is 12.4. The van der Waals surface area contributed by atoms with Crippen molar-refractivity contribution in [1.82, 2.24) is 0 Å². The number of allylic oxidation sites excluding steroid dienone is 1. The van der Waals surface area contributed by atoms with Gasteiger partial charge in [-0.25, -0.2) is 0 Å². The van der Waals surface area contributed by atoms with Gasteiger partial charge in [-0.15, -0.1) is 0 Å². The second-order valence-electron chi connectivity index (χ2n) is 5.11. The fourth-order valence-corrected chi connectivity index (χ4v) is 2.77.